The fraction of sp³-hybridized carbons (Fsp3) is 0.375. The molecule has 1 amide bonds. The maximum Gasteiger partial charge on any atom is 0.253 e. The third-order valence-electron chi connectivity index (χ3n) is 5.74. The van der Waals surface area contributed by atoms with E-state index in [2.05, 4.69) is 35.2 Å². The molecule has 0 aliphatic heterocycles. The van der Waals surface area contributed by atoms with E-state index < -0.39 is 0 Å². The van der Waals surface area contributed by atoms with Crippen LogP contribution in [0.4, 0.5) is 0 Å². The highest BCUT2D eigenvalue weighted by Gasteiger charge is 2.24. The molecule has 1 atom stereocenters. The zero-order chi connectivity index (χ0) is 21.3. The van der Waals surface area contributed by atoms with Crippen LogP contribution in [0.1, 0.15) is 67.9 Å². The number of hydrogen-bond acceptors (Lipinski definition) is 5. The number of nitrogens with one attached hydrogen (secondary N) is 1. The van der Waals surface area contributed by atoms with Gasteiger partial charge in [0, 0.05) is 17.1 Å². The van der Waals surface area contributed by atoms with Crippen LogP contribution in [0.5, 0.6) is 5.75 Å². The molecule has 0 bridgehead atoms. The lowest BCUT2D eigenvalue weighted by atomic mass is 9.77. The number of methoxy groups -OCH3 is 1. The number of hydrogen-bond donors (Lipinski definition) is 1. The number of nitrogens with zero attached hydrogens (tertiary/aromatic N) is 2. The van der Waals surface area contributed by atoms with Crippen LogP contribution in [0.2, 0.25) is 0 Å². The Hall–Kier alpha value is -3.15. The van der Waals surface area contributed by atoms with Crippen molar-refractivity contribution < 1.29 is 13.9 Å². The number of oxazole rings is 1. The molecule has 156 valence electrons. The Morgan fingerprint density at radius 1 is 1.27 bits per heavy atom. The molecule has 0 saturated carbocycles. The smallest absolute Gasteiger partial charge is 0.253 e. The monoisotopic (exact) mass is 405 g/mol. The molecule has 0 spiro atoms. The van der Waals surface area contributed by atoms with Crippen LogP contribution in [0.3, 0.4) is 0 Å². The van der Waals surface area contributed by atoms with E-state index in [9.17, 15) is 4.79 Å². The van der Waals surface area contributed by atoms with Crippen molar-refractivity contribution in [3.63, 3.8) is 0 Å². The normalized spacial score (nSPS) is 16.7. The number of amides is 1. The van der Waals surface area contributed by atoms with E-state index in [1.807, 2.05) is 25.1 Å². The molecule has 6 nitrogen and oxygen atoms in total. The lowest BCUT2D eigenvalue weighted by Crippen LogP contribution is -2.26. The lowest BCUT2D eigenvalue weighted by Gasteiger charge is -2.29. The molecule has 6 heteroatoms. The number of carbonyl (C=O) groups is 1. The van der Waals surface area contributed by atoms with Crippen LogP contribution in [0, 0.1) is 5.41 Å². The summed E-state index contributed by atoms with van der Waals surface area (Å²) in [4.78, 5) is 21.5. The van der Waals surface area contributed by atoms with Crippen LogP contribution < -0.4 is 10.1 Å². The van der Waals surface area contributed by atoms with E-state index >= 15 is 0 Å². The van der Waals surface area contributed by atoms with Crippen LogP contribution in [0.15, 0.2) is 47.3 Å². The van der Waals surface area contributed by atoms with Crippen molar-refractivity contribution in [1.29, 1.82) is 0 Å². The van der Waals surface area contributed by atoms with Gasteiger partial charge in [-0.3, -0.25) is 9.78 Å². The number of allylic oxidation sites excluding steroid dienone is 2. The summed E-state index contributed by atoms with van der Waals surface area (Å²) < 4.78 is 10.8. The summed E-state index contributed by atoms with van der Waals surface area (Å²) in [6.45, 7) is 6.43. The summed E-state index contributed by atoms with van der Waals surface area (Å²) in [7, 11) is 1.66. The molecule has 1 aliphatic rings. The second kappa shape index (κ2) is 7.94. The predicted molar refractivity (Wildman–Crippen MR) is 116 cm³/mol. The van der Waals surface area contributed by atoms with Crippen LogP contribution in [-0.2, 0) is 0 Å². The van der Waals surface area contributed by atoms with Crippen molar-refractivity contribution >= 4 is 22.4 Å². The molecule has 3 aromatic rings. The molecule has 0 fully saturated rings. The lowest BCUT2D eigenvalue weighted by molar-refractivity contribution is 0.0934. The highest BCUT2D eigenvalue weighted by atomic mass is 16.5. The van der Waals surface area contributed by atoms with E-state index in [4.69, 9.17) is 9.15 Å². The van der Waals surface area contributed by atoms with Crippen LogP contribution in [0.25, 0.3) is 16.5 Å². The molecule has 1 unspecified atom stereocenters. The van der Waals surface area contributed by atoms with Crippen molar-refractivity contribution in [3.8, 4) is 5.75 Å². The van der Waals surface area contributed by atoms with E-state index in [-0.39, 0.29) is 11.9 Å². The predicted octanol–water partition coefficient (Wildman–Crippen LogP) is 5.32. The largest absolute Gasteiger partial charge is 0.497 e. The van der Waals surface area contributed by atoms with Crippen molar-refractivity contribution in [2.24, 2.45) is 5.41 Å². The number of carbonyl (C=O) groups excluding carboxylic acids is 1. The SMILES string of the molecule is COc1cc(C2=CCC(C)(C)CC2)c2ncc(C(=O)NC(C)c3ncco3)cc2c1. The summed E-state index contributed by atoms with van der Waals surface area (Å²) in [5, 5.41) is 3.78. The minimum Gasteiger partial charge on any atom is -0.497 e. The number of fused-ring (bicyclic) bond motifs is 1. The molecule has 2 aromatic heterocycles. The minimum atomic E-state index is -0.334. The van der Waals surface area contributed by atoms with Gasteiger partial charge < -0.3 is 14.5 Å². The second-order valence-electron chi connectivity index (χ2n) is 8.63. The Morgan fingerprint density at radius 3 is 2.77 bits per heavy atom. The maximum absolute atomic E-state index is 12.7. The highest BCUT2D eigenvalue weighted by Crippen LogP contribution is 2.40. The van der Waals surface area contributed by atoms with Gasteiger partial charge in [-0.1, -0.05) is 19.9 Å². The summed E-state index contributed by atoms with van der Waals surface area (Å²) in [5.41, 5.74) is 4.08. The molecule has 0 saturated heterocycles. The van der Waals surface area contributed by atoms with Crippen molar-refractivity contribution in [3.05, 3.63) is 59.9 Å². The van der Waals surface area contributed by atoms with Gasteiger partial charge in [-0.15, -0.1) is 0 Å². The van der Waals surface area contributed by atoms with Gasteiger partial charge in [-0.2, -0.15) is 0 Å². The highest BCUT2D eigenvalue weighted by molar-refractivity contribution is 6.00. The standard InChI is InChI=1S/C24H27N3O3/c1-15(23-25-9-10-30-23)27-22(28)18-11-17-12-19(29-4)13-20(21(17)26-14-18)16-5-7-24(2,3)8-6-16/h5,9-15H,6-8H2,1-4H3,(H,27,28). The molecule has 2 heterocycles. The zero-order valence-electron chi connectivity index (χ0n) is 17.9. The summed E-state index contributed by atoms with van der Waals surface area (Å²) in [5.74, 6) is 1.00. The van der Waals surface area contributed by atoms with Gasteiger partial charge in [0.2, 0.25) is 5.89 Å². The van der Waals surface area contributed by atoms with Gasteiger partial charge in [-0.25, -0.2) is 4.98 Å². The third kappa shape index (κ3) is 4.08. The fourth-order valence-electron chi connectivity index (χ4n) is 3.82. The molecule has 4 rings (SSSR count). The van der Waals surface area contributed by atoms with Gasteiger partial charge in [0.15, 0.2) is 0 Å². The number of pyridine rings is 1. The first-order chi connectivity index (χ1) is 14.4. The Kier molecular flexibility index (Phi) is 5.33. The van der Waals surface area contributed by atoms with Crippen molar-refractivity contribution in [1.82, 2.24) is 15.3 Å². The first-order valence-corrected chi connectivity index (χ1v) is 10.2. The topological polar surface area (TPSA) is 77.2 Å². The molecule has 1 N–H and O–H groups in total. The van der Waals surface area contributed by atoms with Crippen molar-refractivity contribution in [2.45, 2.75) is 46.1 Å². The Balaban J connectivity index is 1.67. The molecule has 0 radical (unpaired) electrons. The van der Waals surface area contributed by atoms with Gasteiger partial charge >= 0.3 is 0 Å². The average molecular weight is 405 g/mol. The van der Waals surface area contributed by atoms with Crippen molar-refractivity contribution in [2.75, 3.05) is 7.11 Å². The van der Waals surface area contributed by atoms with E-state index in [1.165, 1.54) is 11.8 Å². The first kappa shape index (κ1) is 20.1. The van der Waals surface area contributed by atoms with Gasteiger partial charge in [-0.05, 0) is 55.4 Å². The Labute approximate surface area is 176 Å². The van der Waals surface area contributed by atoms with E-state index in [1.54, 1.807) is 19.5 Å². The Morgan fingerprint density at radius 2 is 2.10 bits per heavy atom. The number of benzene rings is 1. The third-order valence-corrected chi connectivity index (χ3v) is 5.74. The first-order valence-electron chi connectivity index (χ1n) is 10.2. The molecular formula is C24H27N3O3. The second-order valence-corrected chi connectivity index (χ2v) is 8.63. The fourth-order valence-corrected chi connectivity index (χ4v) is 3.82. The summed E-state index contributed by atoms with van der Waals surface area (Å²) in [6, 6.07) is 5.50. The van der Waals surface area contributed by atoms with Crippen LogP contribution in [-0.4, -0.2) is 23.0 Å². The van der Waals surface area contributed by atoms with Gasteiger partial charge in [0.05, 0.1) is 24.4 Å². The van der Waals surface area contributed by atoms with Gasteiger partial charge in [0.1, 0.15) is 18.1 Å². The Bertz CT molecular complexity index is 1100. The summed E-state index contributed by atoms with van der Waals surface area (Å²) >= 11 is 0. The number of aromatic nitrogens is 2. The molecular weight excluding hydrogens is 378 g/mol. The van der Waals surface area contributed by atoms with Gasteiger partial charge in [0.25, 0.3) is 5.91 Å². The quantitative estimate of drug-likeness (QED) is 0.622. The minimum absolute atomic E-state index is 0.224. The number of rotatable bonds is 5. The molecule has 1 aromatic carbocycles. The summed E-state index contributed by atoms with van der Waals surface area (Å²) in [6.07, 6.45) is 10.2. The molecule has 1 aliphatic carbocycles. The van der Waals surface area contributed by atoms with E-state index in [0.717, 1.165) is 41.5 Å². The average Bonchev–Trinajstić information content (AvgIpc) is 3.27. The maximum atomic E-state index is 12.7. The molecule has 30 heavy (non-hydrogen) atoms. The zero-order valence-corrected chi connectivity index (χ0v) is 17.9. The number of ether oxygens (including phenoxy) is 1. The van der Waals surface area contributed by atoms with E-state index in [0.29, 0.717) is 16.9 Å². The van der Waals surface area contributed by atoms with Crippen LogP contribution >= 0.6 is 0 Å².